The van der Waals surface area contributed by atoms with Crippen LogP contribution in [0.15, 0.2) is 0 Å². The van der Waals surface area contributed by atoms with Crippen molar-refractivity contribution in [3.63, 3.8) is 0 Å². The summed E-state index contributed by atoms with van der Waals surface area (Å²) in [7, 11) is 0. The van der Waals surface area contributed by atoms with E-state index in [1.54, 1.807) is 0 Å². The Bertz CT molecular complexity index is 115. The Morgan fingerprint density at radius 1 is 0.833 bits per heavy atom. The van der Waals surface area contributed by atoms with Gasteiger partial charge in [-0.2, -0.15) is 5.12 Å². The van der Waals surface area contributed by atoms with E-state index in [-0.39, 0.29) is 0 Å². The molecule has 3 nitrogen and oxygen atoms in total. The predicted molar refractivity (Wildman–Crippen MR) is 51.5 cm³/mol. The van der Waals surface area contributed by atoms with Crippen LogP contribution in [0.5, 0.6) is 0 Å². The normalized spacial score (nSPS) is 23.2. The van der Waals surface area contributed by atoms with Gasteiger partial charge in [0.05, 0.1) is 0 Å². The standard InChI is InChI=1S/C9H21N3/c1-4-10-8-7-9-11(5-2)12(10)6-3/h4-9H2,1-3H3. The molecular weight excluding hydrogens is 150 g/mol. The molecule has 1 heterocycles. The molecule has 0 atom stereocenters. The van der Waals surface area contributed by atoms with Crippen LogP contribution < -0.4 is 0 Å². The van der Waals surface area contributed by atoms with E-state index in [9.17, 15) is 0 Å². The molecule has 12 heavy (non-hydrogen) atoms. The zero-order valence-electron chi connectivity index (χ0n) is 8.58. The van der Waals surface area contributed by atoms with Crippen LogP contribution in [0, 0.1) is 0 Å². The highest BCUT2D eigenvalue weighted by Crippen LogP contribution is 2.11. The Balaban J connectivity index is 2.52. The molecule has 1 aliphatic rings. The van der Waals surface area contributed by atoms with Crippen LogP contribution in [-0.2, 0) is 0 Å². The fraction of sp³-hybridized carbons (Fsp3) is 1.00. The summed E-state index contributed by atoms with van der Waals surface area (Å²) in [6.45, 7) is 12.5. The highest BCUT2D eigenvalue weighted by atomic mass is 15.9. The van der Waals surface area contributed by atoms with Crippen LogP contribution >= 0.6 is 0 Å². The number of hydrazine groups is 2. The third-order valence-corrected chi connectivity index (χ3v) is 2.50. The minimum absolute atomic E-state index is 1.10. The summed E-state index contributed by atoms with van der Waals surface area (Å²) in [5.74, 6) is 0. The van der Waals surface area contributed by atoms with Gasteiger partial charge in [0.1, 0.15) is 0 Å². The van der Waals surface area contributed by atoms with Crippen LogP contribution in [0.2, 0.25) is 0 Å². The van der Waals surface area contributed by atoms with Crippen LogP contribution in [0.3, 0.4) is 0 Å². The van der Waals surface area contributed by atoms with E-state index in [1.807, 2.05) is 0 Å². The van der Waals surface area contributed by atoms with Crippen molar-refractivity contribution in [3.05, 3.63) is 0 Å². The minimum atomic E-state index is 1.10. The molecule has 0 radical (unpaired) electrons. The second-order valence-electron chi connectivity index (χ2n) is 3.13. The number of nitrogens with zero attached hydrogens (tertiary/aromatic N) is 3. The summed E-state index contributed by atoms with van der Waals surface area (Å²) >= 11 is 0. The summed E-state index contributed by atoms with van der Waals surface area (Å²) in [5.41, 5.74) is 0. The second-order valence-corrected chi connectivity index (χ2v) is 3.13. The number of hydrogen-bond donors (Lipinski definition) is 0. The molecule has 0 aromatic carbocycles. The lowest BCUT2D eigenvalue weighted by atomic mass is 10.3. The fourth-order valence-electron chi connectivity index (χ4n) is 1.89. The van der Waals surface area contributed by atoms with Crippen molar-refractivity contribution in [1.82, 2.24) is 15.1 Å². The zero-order chi connectivity index (χ0) is 8.97. The van der Waals surface area contributed by atoms with Crippen molar-refractivity contribution >= 4 is 0 Å². The SMILES string of the molecule is CCN1CCCN(CC)N1CC. The van der Waals surface area contributed by atoms with Crippen LogP contribution in [-0.4, -0.2) is 47.9 Å². The van der Waals surface area contributed by atoms with Gasteiger partial charge in [-0.15, -0.1) is 0 Å². The maximum Gasteiger partial charge on any atom is 0.0264 e. The molecule has 0 bridgehead atoms. The lowest BCUT2D eigenvalue weighted by Crippen LogP contribution is -2.57. The maximum absolute atomic E-state index is 2.42. The quantitative estimate of drug-likeness (QED) is 0.631. The lowest BCUT2D eigenvalue weighted by molar-refractivity contribution is -0.203. The van der Waals surface area contributed by atoms with Crippen molar-refractivity contribution in [1.29, 1.82) is 0 Å². The van der Waals surface area contributed by atoms with Crippen molar-refractivity contribution in [2.24, 2.45) is 0 Å². The lowest BCUT2D eigenvalue weighted by Gasteiger charge is -2.45. The predicted octanol–water partition coefficient (Wildman–Crippen LogP) is 1.19. The molecule has 1 rings (SSSR count). The molecule has 0 N–H and O–H groups in total. The van der Waals surface area contributed by atoms with E-state index in [2.05, 4.69) is 35.9 Å². The van der Waals surface area contributed by atoms with Gasteiger partial charge in [-0.3, -0.25) is 0 Å². The first-order valence-electron chi connectivity index (χ1n) is 5.10. The van der Waals surface area contributed by atoms with Crippen molar-refractivity contribution in [3.8, 4) is 0 Å². The van der Waals surface area contributed by atoms with Gasteiger partial charge in [0.2, 0.25) is 0 Å². The van der Waals surface area contributed by atoms with Crippen LogP contribution in [0.1, 0.15) is 27.2 Å². The highest BCUT2D eigenvalue weighted by molar-refractivity contribution is 4.62. The average molecular weight is 171 g/mol. The van der Waals surface area contributed by atoms with Crippen molar-refractivity contribution in [2.75, 3.05) is 32.7 Å². The van der Waals surface area contributed by atoms with Gasteiger partial charge in [-0.25, -0.2) is 10.0 Å². The Kier molecular flexibility index (Phi) is 3.98. The summed E-state index contributed by atoms with van der Waals surface area (Å²) in [4.78, 5) is 0. The highest BCUT2D eigenvalue weighted by Gasteiger charge is 2.22. The van der Waals surface area contributed by atoms with Crippen LogP contribution in [0.25, 0.3) is 0 Å². The first kappa shape index (κ1) is 9.96. The Hall–Kier alpha value is -0.120. The Morgan fingerprint density at radius 3 is 1.67 bits per heavy atom. The minimum Gasteiger partial charge on any atom is -0.228 e. The topological polar surface area (TPSA) is 9.72 Å². The molecule has 72 valence electrons. The molecule has 1 saturated heterocycles. The molecule has 0 amide bonds. The number of hydrogen-bond acceptors (Lipinski definition) is 3. The van der Waals surface area contributed by atoms with Gasteiger partial charge in [-0.05, 0) is 13.3 Å². The summed E-state index contributed by atoms with van der Waals surface area (Å²) in [5, 5.41) is 7.23. The molecule has 0 saturated carbocycles. The van der Waals surface area contributed by atoms with Crippen LogP contribution in [0.4, 0.5) is 0 Å². The van der Waals surface area contributed by atoms with Gasteiger partial charge in [0.15, 0.2) is 0 Å². The monoisotopic (exact) mass is 171 g/mol. The summed E-state index contributed by atoms with van der Waals surface area (Å²) < 4.78 is 0. The van der Waals surface area contributed by atoms with Gasteiger partial charge < -0.3 is 0 Å². The van der Waals surface area contributed by atoms with Gasteiger partial charge in [0.25, 0.3) is 0 Å². The molecular formula is C9H21N3. The number of rotatable bonds is 3. The molecule has 0 unspecified atom stereocenters. The van der Waals surface area contributed by atoms with E-state index in [4.69, 9.17) is 0 Å². The van der Waals surface area contributed by atoms with E-state index < -0.39 is 0 Å². The first-order chi connectivity index (χ1) is 5.83. The first-order valence-corrected chi connectivity index (χ1v) is 5.10. The van der Waals surface area contributed by atoms with E-state index >= 15 is 0 Å². The smallest absolute Gasteiger partial charge is 0.0264 e. The van der Waals surface area contributed by atoms with Crippen molar-refractivity contribution in [2.45, 2.75) is 27.2 Å². The van der Waals surface area contributed by atoms with Crippen molar-refractivity contribution < 1.29 is 0 Å². The molecule has 0 aromatic rings. The Labute approximate surface area is 75.9 Å². The van der Waals surface area contributed by atoms with Gasteiger partial charge >= 0.3 is 0 Å². The second kappa shape index (κ2) is 4.80. The molecule has 3 heteroatoms. The third kappa shape index (κ3) is 1.97. The molecule has 0 aromatic heterocycles. The van der Waals surface area contributed by atoms with Gasteiger partial charge in [-0.1, -0.05) is 13.8 Å². The molecule has 1 aliphatic heterocycles. The fourth-order valence-corrected chi connectivity index (χ4v) is 1.89. The third-order valence-electron chi connectivity index (χ3n) is 2.50. The molecule has 0 spiro atoms. The van der Waals surface area contributed by atoms with E-state index in [0.717, 1.165) is 19.6 Å². The zero-order valence-corrected chi connectivity index (χ0v) is 8.58. The summed E-state index contributed by atoms with van der Waals surface area (Å²) in [6.07, 6.45) is 1.30. The maximum atomic E-state index is 2.42. The Morgan fingerprint density at radius 2 is 1.33 bits per heavy atom. The largest absolute Gasteiger partial charge is 0.228 e. The van der Waals surface area contributed by atoms with E-state index in [1.165, 1.54) is 19.5 Å². The average Bonchev–Trinajstić information content (AvgIpc) is 2.16. The molecule has 0 aliphatic carbocycles. The van der Waals surface area contributed by atoms with Gasteiger partial charge in [0, 0.05) is 32.7 Å². The molecule has 1 fully saturated rings. The summed E-state index contributed by atoms with van der Waals surface area (Å²) in [6, 6.07) is 0. The van der Waals surface area contributed by atoms with E-state index in [0.29, 0.717) is 0 Å².